The molecular formula is C55H34N4O. The molecule has 5 nitrogen and oxygen atoms in total. The summed E-state index contributed by atoms with van der Waals surface area (Å²) >= 11 is 0. The maximum atomic E-state index is 6.73. The Kier molecular flexibility index (Phi) is 7.78. The highest BCUT2D eigenvalue weighted by atomic mass is 16.3. The van der Waals surface area contributed by atoms with Crippen LogP contribution in [0.1, 0.15) is 0 Å². The molecule has 0 aliphatic rings. The van der Waals surface area contributed by atoms with Crippen molar-refractivity contribution in [3.63, 3.8) is 0 Å². The summed E-state index contributed by atoms with van der Waals surface area (Å²) < 4.78 is 9.16. The number of hydrogen-bond acceptors (Lipinski definition) is 4. The Labute approximate surface area is 345 Å². The van der Waals surface area contributed by atoms with Gasteiger partial charge in [0.2, 0.25) is 0 Å². The number of hydrogen-bond donors (Lipinski definition) is 0. The highest BCUT2D eigenvalue weighted by Gasteiger charge is 2.23. The Balaban J connectivity index is 1.14. The smallest absolute Gasteiger partial charge is 0.164 e. The summed E-state index contributed by atoms with van der Waals surface area (Å²) in [6.45, 7) is 0. The second-order valence-electron chi connectivity index (χ2n) is 15.2. The molecule has 0 unspecified atom stereocenters. The van der Waals surface area contributed by atoms with E-state index in [1.165, 1.54) is 38.2 Å². The van der Waals surface area contributed by atoms with Crippen molar-refractivity contribution < 1.29 is 4.42 Å². The largest absolute Gasteiger partial charge is 0.456 e. The molecule has 3 aromatic heterocycles. The van der Waals surface area contributed by atoms with Crippen molar-refractivity contribution in [3.05, 3.63) is 206 Å². The van der Waals surface area contributed by atoms with Crippen LogP contribution in [0.3, 0.4) is 0 Å². The highest BCUT2D eigenvalue weighted by molar-refractivity contribution is 6.21. The molecule has 9 aromatic carbocycles. The molecule has 60 heavy (non-hydrogen) atoms. The van der Waals surface area contributed by atoms with Crippen LogP contribution in [0.4, 0.5) is 0 Å². The third-order valence-corrected chi connectivity index (χ3v) is 11.6. The van der Waals surface area contributed by atoms with Crippen LogP contribution in [0.25, 0.3) is 117 Å². The standard InChI is InChI=1S/C55H34N4O/c1-4-14-35(15-5-1)36-24-26-37(27-25-36)41-29-31-47-46(32-41)44-30-28-38-16-10-11-21-43(38)52(44)59(47)48-33-42(34-50-51(48)45-22-12-13-23-49(45)60-50)55-57-53(39-17-6-2-7-18-39)56-54(58-55)40-19-8-3-9-20-40/h1-34H. The molecule has 0 radical (unpaired) electrons. The van der Waals surface area contributed by atoms with Crippen LogP contribution in [0.2, 0.25) is 0 Å². The Morgan fingerprint density at radius 3 is 1.55 bits per heavy atom. The molecule has 0 N–H and O–H groups in total. The van der Waals surface area contributed by atoms with Crippen molar-refractivity contribution in [1.29, 1.82) is 0 Å². The molecule has 0 atom stereocenters. The van der Waals surface area contributed by atoms with Gasteiger partial charge in [-0.3, -0.25) is 0 Å². The van der Waals surface area contributed by atoms with Gasteiger partial charge in [-0.15, -0.1) is 0 Å². The molecule has 0 fully saturated rings. The average molecular weight is 767 g/mol. The summed E-state index contributed by atoms with van der Waals surface area (Å²) in [7, 11) is 0. The molecule has 280 valence electrons. The lowest BCUT2D eigenvalue weighted by atomic mass is 9.99. The molecular weight excluding hydrogens is 733 g/mol. The van der Waals surface area contributed by atoms with Crippen molar-refractivity contribution >= 4 is 54.5 Å². The van der Waals surface area contributed by atoms with Crippen LogP contribution < -0.4 is 0 Å². The van der Waals surface area contributed by atoms with E-state index in [0.717, 1.165) is 60.9 Å². The van der Waals surface area contributed by atoms with Crippen molar-refractivity contribution in [2.75, 3.05) is 0 Å². The summed E-state index contributed by atoms with van der Waals surface area (Å²) in [5.41, 5.74) is 12.2. The normalized spacial score (nSPS) is 11.7. The third-order valence-electron chi connectivity index (χ3n) is 11.6. The first kappa shape index (κ1) is 33.9. The second kappa shape index (κ2) is 13.8. The molecule has 0 aliphatic carbocycles. The van der Waals surface area contributed by atoms with E-state index in [9.17, 15) is 0 Å². The lowest BCUT2D eigenvalue weighted by Gasteiger charge is -2.14. The highest BCUT2D eigenvalue weighted by Crippen LogP contribution is 2.43. The molecule has 0 amide bonds. The van der Waals surface area contributed by atoms with Gasteiger partial charge in [0, 0.05) is 38.2 Å². The third kappa shape index (κ3) is 5.59. The Bertz CT molecular complexity index is 3520. The minimum atomic E-state index is 0.568. The molecule has 12 rings (SSSR count). The SMILES string of the molecule is c1ccc(-c2ccc(-c3ccc4c(c3)c3ccc5ccccc5c3n4-c3cc(-c4nc(-c5ccccc5)nc(-c5ccccc5)n4)cc4oc5ccccc5c34)cc2)cc1. The number of rotatable bonds is 6. The monoisotopic (exact) mass is 766 g/mol. The first-order valence-electron chi connectivity index (χ1n) is 20.2. The van der Waals surface area contributed by atoms with Gasteiger partial charge in [0.25, 0.3) is 0 Å². The Morgan fingerprint density at radius 2 is 0.867 bits per heavy atom. The van der Waals surface area contributed by atoms with Gasteiger partial charge < -0.3 is 8.98 Å². The van der Waals surface area contributed by atoms with Gasteiger partial charge in [0.15, 0.2) is 17.5 Å². The zero-order valence-corrected chi connectivity index (χ0v) is 32.3. The molecule has 0 saturated heterocycles. The predicted octanol–water partition coefficient (Wildman–Crippen LogP) is 14.4. The van der Waals surface area contributed by atoms with Gasteiger partial charge in [-0.05, 0) is 58.0 Å². The van der Waals surface area contributed by atoms with Crippen LogP contribution in [-0.4, -0.2) is 19.5 Å². The summed E-state index contributed by atoms with van der Waals surface area (Å²) in [6.07, 6.45) is 0. The number of benzene rings is 9. The van der Waals surface area contributed by atoms with Gasteiger partial charge in [-0.25, -0.2) is 15.0 Å². The van der Waals surface area contributed by atoms with Crippen molar-refractivity contribution in [3.8, 4) is 62.1 Å². The zero-order valence-electron chi connectivity index (χ0n) is 32.3. The van der Waals surface area contributed by atoms with E-state index in [0.29, 0.717) is 17.5 Å². The van der Waals surface area contributed by atoms with E-state index in [2.05, 4.69) is 138 Å². The summed E-state index contributed by atoms with van der Waals surface area (Å²) in [5.74, 6) is 1.79. The molecule has 0 aliphatic heterocycles. The first-order valence-corrected chi connectivity index (χ1v) is 20.2. The maximum absolute atomic E-state index is 6.73. The number of furan rings is 1. The zero-order chi connectivity index (χ0) is 39.6. The van der Waals surface area contributed by atoms with Gasteiger partial charge in [-0.2, -0.15) is 0 Å². The van der Waals surface area contributed by atoms with Crippen molar-refractivity contribution in [2.45, 2.75) is 0 Å². The fraction of sp³-hybridized carbons (Fsp3) is 0. The van der Waals surface area contributed by atoms with E-state index >= 15 is 0 Å². The van der Waals surface area contributed by atoms with Crippen molar-refractivity contribution in [1.82, 2.24) is 19.5 Å². The fourth-order valence-electron chi connectivity index (χ4n) is 8.77. The average Bonchev–Trinajstić information content (AvgIpc) is 3.88. The van der Waals surface area contributed by atoms with Crippen LogP contribution in [0.5, 0.6) is 0 Å². The minimum absolute atomic E-state index is 0.568. The van der Waals surface area contributed by atoms with Crippen LogP contribution in [-0.2, 0) is 0 Å². The number of fused-ring (bicyclic) bond motifs is 8. The van der Waals surface area contributed by atoms with E-state index in [-0.39, 0.29) is 0 Å². The Hall–Kier alpha value is -8.15. The van der Waals surface area contributed by atoms with E-state index < -0.39 is 0 Å². The molecule has 0 spiro atoms. The lowest BCUT2D eigenvalue weighted by Crippen LogP contribution is -2.01. The topological polar surface area (TPSA) is 56.7 Å². The van der Waals surface area contributed by atoms with E-state index in [1.807, 2.05) is 72.8 Å². The molecule has 12 aromatic rings. The number of nitrogens with zero attached hydrogens (tertiary/aromatic N) is 4. The van der Waals surface area contributed by atoms with Gasteiger partial charge in [0.1, 0.15) is 11.2 Å². The van der Waals surface area contributed by atoms with Crippen molar-refractivity contribution in [2.24, 2.45) is 0 Å². The summed E-state index contributed by atoms with van der Waals surface area (Å²) in [4.78, 5) is 15.3. The lowest BCUT2D eigenvalue weighted by molar-refractivity contribution is 0.669. The van der Waals surface area contributed by atoms with Crippen LogP contribution in [0.15, 0.2) is 211 Å². The van der Waals surface area contributed by atoms with Crippen LogP contribution >= 0.6 is 0 Å². The van der Waals surface area contributed by atoms with Gasteiger partial charge in [0.05, 0.1) is 22.1 Å². The minimum Gasteiger partial charge on any atom is -0.456 e. The summed E-state index contributed by atoms with van der Waals surface area (Å²) in [6, 6.07) is 72.3. The quantitative estimate of drug-likeness (QED) is 0.169. The molecule has 0 bridgehead atoms. The van der Waals surface area contributed by atoms with Gasteiger partial charge >= 0.3 is 0 Å². The molecule has 0 saturated carbocycles. The summed E-state index contributed by atoms with van der Waals surface area (Å²) in [5, 5.41) is 6.77. The second-order valence-corrected chi connectivity index (χ2v) is 15.2. The number of para-hydroxylation sites is 1. The number of aromatic nitrogens is 4. The molecule has 3 heterocycles. The van der Waals surface area contributed by atoms with E-state index in [4.69, 9.17) is 19.4 Å². The van der Waals surface area contributed by atoms with Crippen LogP contribution in [0, 0.1) is 0 Å². The van der Waals surface area contributed by atoms with E-state index in [1.54, 1.807) is 0 Å². The maximum Gasteiger partial charge on any atom is 0.164 e. The van der Waals surface area contributed by atoms with Gasteiger partial charge in [-0.1, -0.05) is 176 Å². The molecule has 5 heteroatoms. The Morgan fingerprint density at radius 1 is 0.333 bits per heavy atom. The fourth-order valence-corrected chi connectivity index (χ4v) is 8.77. The predicted molar refractivity (Wildman–Crippen MR) is 246 cm³/mol. The first-order chi connectivity index (χ1) is 29.7.